The van der Waals surface area contributed by atoms with Gasteiger partial charge < -0.3 is 9.88 Å². The van der Waals surface area contributed by atoms with Gasteiger partial charge in [-0.25, -0.2) is 4.98 Å². The Labute approximate surface area is 129 Å². The molecule has 0 unspecified atom stereocenters. The molecule has 0 aliphatic heterocycles. The molecule has 1 amide bonds. The Bertz CT molecular complexity index is 857. The summed E-state index contributed by atoms with van der Waals surface area (Å²) in [5.41, 5.74) is 5.57. The average molecular weight is 293 g/mol. The number of rotatable bonds is 2. The van der Waals surface area contributed by atoms with E-state index in [0.29, 0.717) is 5.56 Å². The standard InChI is InChI=1S/C18H19N3O/c1-11-7-12(2)9-15(8-11)20-18(22)14-5-6-17-16(10-14)19-13(3)21(17)4/h5-10H,1-4H3,(H,20,22). The van der Waals surface area contributed by atoms with Crippen LogP contribution >= 0.6 is 0 Å². The Morgan fingerprint density at radius 1 is 1.05 bits per heavy atom. The van der Waals surface area contributed by atoms with E-state index < -0.39 is 0 Å². The summed E-state index contributed by atoms with van der Waals surface area (Å²) in [6.45, 7) is 5.99. The van der Waals surface area contributed by atoms with Crippen molar-refractivity contribution in [3.8, 4) is 0 Å². The van der Waals surface area contributed by atoms with Gasteiger partial charge in [-0.3, -0.25) is 4.79 Å². The van der Waals surface area contributed by atoms with Gasteiger partial charge in [-0.05, 0) is 62.2 Å². The van der Waals surface area contributed by atoms with Crippen LogP contribution in [-0.4, -0.2) is 15.5 Å². The smallest absolute Gasteiger partial charge is 0.255 e. The first kappa shape index (κ1) is 14.3. The van der Waals surface area contributed by atoms with Gasteiger partial charge in [-0.2, -0.15) is 0 Å². The van der Waals surface area contributed by atoms with Crippen LogP contribution < -0.4 is 5.32 Å². The second kappa shape index (κ2) is 5.30. The predicted molar refractivity (Wildman–Crippen MR) is 89.3 cm³/mol. The molecule has 2 aromatic carbocycles. The molecule has 112 valence electrons. The number of imidazole rings is 1. The van der Waals surface area contributed by atoms with Crippen LogP contribution in [0.4, 0.5) is 5.69 Å². The van der Waals surface area contributed by atoms with Crippen LogP contribution in [0.3, 0.4) is 0 Å². The highest BCUT2D eigenvalue weighted by Crippen LogP contribution is 2.19. The monoisotopic (exact) mass is 293 g/mol. The van der Waals surface area contributed by atoms with E-state index in [9.17, 15) is 4.79 Å². The van der Waals surface area contributed by atoms with Gasteiger partial charge >= 0.3 is 0 Å². The van der Waals surface area contributed by atoms with Crippen LogP contribution in [0.5, 0.6) is 0 Å². The minimum absolute atomic E-state index is 0.116. The van der Waals surface area contributed by atoms with Gasteiger partial charge in [0.15, 0.2) is 0 Å². The quantitative estimate of drug-likeness (QED) is 0.782. The normalized spacial score (nSPS) is 10.9. The van der Waals surface area contributed by atoms with E-state index in [1.165, 1.54) is 0 Å². The summed E-state index contributed by atoms with van der Waals surface area (Å²) in [5.74, 6) is 0.817. The van der Waals surface area contributed by atoms with Crippen molar-refractivity contribution in [2.45, 2.75) is 20.8 Å². The molecule has 0 aliphatic rings. The van der Waals surface area contributed by atoms with Crippen LogP contribution in [-0.2, 0) is 7.05 Å². The molecule has 0 fully saturated rings. The van der Waals surface area contributed by atoms with E-state index in [1.807, 2.05) is 62.7 Å². The van der Waals surface area contributed by atoms with Crippen LogP contribution in [0.1, 0.15) is 27.3 Å². The number of anilines is 1. The average Bonchev–Trinajstić information content (AvgIpc) is 2.72. The lowest BCUT2D eigenvalue weighted by Gasteiger charge is -2.08. The highest BCUT2D eigenvalue weighted by Gasteiger charge is 2.10. The number of benzene rings is 2. The molecule has 0 atom stereocenters. The molecule has 22 heavy (non-hydrogen) atoms. The number of hydrogen-bond donors (Lipinski definition) is 1. The zero-order chi connectivity index (χ0) is 15.9. The fraction of sp³-hybridized carbons (Fsp3) is 0.222. The second-order valence-corrected chi connectivity index (χ2v) is 5.75. The molecule has 0 saturated carbocycles. The zero-order valence-corrected chi connectivity index (χ0v) is 13.3. The van der Waals surface area contributed by atoms with Crippen molar-refractivity contribution in [1.29, 1.82) is 0 Å². The Kier molecular flexibility index (Phi) is 3.45. The molecule has 0 saturated heterocycles. The summed E-state index contributed by atoms with van der Waals surface area (Å²) in [4.78, 5) is 16.9. The number of amides is 1. The number of nitrogens with zero attached hydrogens (tertiary/aromatic N) is 2. The van der Waals surface area contributed by atoms with Crippen molar-refractivity contribution < 1.29 is 4.79 Å². The zero-order valence-electron chi connectivity index (χ0n) is 13.3. The van der Waals surface area contributed by atoms with Gasteiger partial charge in [0, 0.05) is 18.3 Å². The van der Waals surface area contributed by atoms with Crippen molar-refractivity contribution in [3.05, 3.63) is 58.9 Å². The van der Waals surface area contributed by atoms with E-state index >= 15 is 0 Å². The van der Waals surface area contributed by atoms with Gasteiger partial charge in [0.2, 0.25) is 0 Å². The Hall–Kier alpha value is -2.62. The molecule has 0 bridgehead atoms. The fourth-order valence-electron chi connectivity index (χ4n) is 2.71. The van der Waals surface area contributed by atoms with Crippen LogP contribution in [0.15, 0.2) is 36.4 Å². The lowest BCUT2D eigenvalue weighted by molar-refractivity contribution is 0.102. The van der Waals surface area contributed by atoms with E-state index in [0.717, 1.165) is 33.7 Å². The lowest BCUT2D eigenvalue weighted by Crippen LogP contribution is -2.12. The number of carbonyl (C=O) groups is 1. The number of carbonyl (C=O) groups excluding carboxylic acids is 1. The third-order valence-corrected chi connectivity index (χ3v) is 3.85. The van der Waals surface area contributed by atoms with E-state index in [2.05, 4.69) is 16.4 Å². The van der Waals surface area contributed by atoms with Crippen molar-refractivity contribution in [2.24, 2.45) is 7.05 Å². The molecule has 1 heterocycles. The topological polar surface area (TPSA) is 46.9 Å². The largest absolute Gasteiger partial charge is 0.331 e. The van der Waals surface area contributed by atoms with Crippen molar-refractivity contribution in [1.82, 2.24) is 9.55 Å². The predicted octanol–water partition coefficient (Wildman–Crippen LogP) is 3.75. The van der Waals surface area contributed by atoms with Gasteiger partial charge in [-0.1, -0.05) is 6.07 Å². The highest BCUT2D eigenvalue weighted by atomic mass is 16.1. The van der Waals surface area contributed by atoms with Crippen LogP contribution in [0.2, 0.25) is 0 Å². The first-order valence-corrected chi connectivity index (χ1v) is 7.27. The Balaban J connectivity index is 1.91. The summed E-state index contributed by atoms with van der Waals surface area (Å²) < 4.78 is 2.01. The molecule has 0 aliphatic carbocycles. The highest BCUT2D eigenvalue weighted by molar-refractivity contribution is 6.06. The Morgan fingerprint density at radius 2 is 1.73 bits per heavy atom. The molecule has 1 N–H and O–H groups in total. The molecule has 4 heteroatoms. The Morgan fingerprint density at radius 3 is 2.41 bits per heavy atom. The summed E-state index contributed by atoms with van der Waals surface area (Å²) in [6.07, 6.45) is 0. The molecule has 3 aromatic rings. The minimum Gasteiger partial charge on any atom is -0.331 e. The number of aryl methyl sites for hydroxylation is 4. The van der Waals surface area contributed by atoms with Crippen molar-refractivity contribution >= 4 is 22.6 Å². The molecule has 1 aromatic heterocycles. The summed E-state index contributed by atoms with van der Waals surface area (Å²) in [6, 6.07) is 11.6. The second-order valence-electron chi connectivity index (χ2n) is 5.75. The maximum absolute atomic E-state index is 12.4. The van der Waals surface area contributed by atoms with Gasteiger partial charge in [0.25, 0.3) is 5.91 Å². The number of aromatic nitrogens is 2. The third-order valence-electron chi connectivity index (χ3n) is 3.85. The van der Waals surface area contributed by atoms with Gasteiger partial charge in [-0.15, -0.1) is 0 Å². The minimum atomic E-state index is -0.116. The molecular formula is C18H19N3O. The van der Waals surface area contributed by atoms with Gasteiger partial charge in [0.1, 0.15) is 5.82 Å². The first-order chi connectivity index (χ1) is 10.4. The fourth-order valence-corrected chi connectivity index (χ4v) is 2.71. The maximum Gasteiger partial charge on any atom is 0.255 e. The number of nitrogens with one attached hydrogen (secondary N) is 1. The van der Waals surface area contributed by atoms with E-state index in [-0.39, 0.29) is 5.91 Å². The van der Waals surface area contributed by atoms with Crippen LogP contribution in [0, 0.1) is 20.8 Å². The van der Waals surface area contributed by atoms with Crippen molar-refractivity contribution in [3.63, 3.8) is 0 Å². The van der Waals surface area contributed by atoms with Crippen molar-refractivity contribution in [2.75, 3.05) is 5.32 Å². The summed E-state index contributed by atoms with van der Waals surface area (Å²) >= 11 is 0. The molecule has 0 radical (unpaired) electrons. The molecule has 3 rings (SSSR count). The van der Waals surface area contributed by atoms with E-state index in [1.54, 1.807) is 0 Å². The third kappa shape index (κ3) is 2.60. The molecule has 0 spiro atoms. The number of fused-ring (bicyclic) bond motifs is 1. The summed E-state index contributed by atoms with van der Waals surface area (Å²) in [7, 11) is 1.97. The lowest BCUT2D eigenvalue weighted by atomic mass is 10.1. The number of hydrogen-bond acceptors (Lipinski definition) is 2. The maximum atomic E-state index is 12.4. The van der Waals surface area contributed by atoms with Crippen LogP contribution in [0.25, 0.3) is 11.0 Å². The SMILES string of the molecule is Cc1cc(C)cc(NC(=O)c2ccc3c(c2)nc(C)n3C)c1. The molecule has 4 nitrogen and oxygen atoms in total. The first-order valence-electron chi connectivity index (χ1n) is 7.27. The van der Waals surface area contributed by atoms with E-state index in [4.69, 9.17) is 0 Å². The van der Waals surface area contributed by atoms with Gasteiger partial charge in [0.05, 0.1) is 11.0 Å². The molecular weight excluding hydrogens is 274 g/mol. The summed E-state index contributed by atoms with van der Waals surface area (Å²) in [5, 5.41) is 2.95.